The van der Waals surface area contributed by atoms with Crippen LogP contribution < -0.4 is 5.73 Å². The van der Waals surface area contributed by atoms with Crippen LogP contribution >= 0.6 is 15.9 Å². The predicted octanol–water partition coefficient (Wildman–Crippen LogP) is 3.12. The van der Waals surface area contributed by atoms with E-state index in [1.165, 1.54) is 22.9 Å². The van der Waals surface area contributed by atoms with Gasteiger partial charge < -0.3 is 5.73 Å². The summed E-state index contributed by atoms with van der Waals surface area (Å²) < 4.78 is 16.5. The van der Waals surface area contributed by atoms with E-state index >= 15 is 0 Å². The average Bonchev–Trinajstić information content (AvgIpc) is 2.90. The molecule has 1 aromatic heterocycles. The second-order valence-electron chi connectivity index (χ2n) is 4.58. The molecule has 0 spiro atoms. The molecule has 3 aromatic rings. The first kappa shape index (κ1) is 13.7. The predicted molar refractivity (Wildman–Crippen MR) is 81.4 cm³/mol. The third-order valence-corrected chi connectivity index (χ3v) is 3.58. The van der Waals surface area contributed by atoms with Gasteiger partial charge in [-0.05, 0) is 59.3 Å². The molecule has 0 saturated carbocycles. The molecule has 3 rings (SSSR count). The number of aryl methyl sites for hydroxylation is 1. The lowest BCUT2D eigenvalue weighted by Crippen LogP contribution is -2.03. The normalized spacial score (nSPS) is 10.8. The highest BCUT2D eigenvalue weighted by atomic mass is 79.9. The summed E-state index contributed by atoms with van der Waals surface area (Å²) in [6.07, 6.45) is 0. The largest absolute Gasteiger partial charge is 0.399 e. The van der Waals surface area contributed by atoms with Crippen LogP contribution in [0.5, 0.6) is 0 Å². The van der Waals surface area contributed by atoms with Crippen LogP contribution in [0.3, 0.4) is 0 Å². The van der Waals surface area contributed by atoms with Gasteiger partial charge in [-0.3, -0.25) is 0 Å². The number of anilines is 1. The number of halogens is 2. The molecular weight excluding hydrogens is 337 g/mol. The molecule has 7 heteroatoms. The molecule has 0 fully saturated rings. The molecule has 5 nitrogen and oxygen atoms in total. The van der Waals surface area contributed by atoms with Crippen molar-refractivity contribution in [1.29, 1.82) is 0 Å². The number of aromatic nitrogens is 4. The van der Waals surface area contributed by atoms with Gasteiger partial charge in [0.05, 0.1) is 11.3 Å². The molecule has 106 valence electrons. The van der Waals surface area contributed by atoms with E-state index in [1.54, 1.807) is 0 Å². The lowest BCUT2D eigenvalue weighted by Gasteiger charge is -2.09. The van der Waals surface area contributed by atoms with Crippen molar-refractivity contribution >= 4 is 21.6 Å². The maximum atomic E-state index is 14.0. The van der Waals surface area contributed by atoms with Crippen molar-refractivity contribution in [2.24, 2.45) is 0 Å². The van der Waals surface area contributed by atoms with Crippen LogP contribution in [0.2, 0.25) is 0 Å². The summed E-state index contributed by atoms with van der Waals surface area (Å²) in [4.78, 5) is 0. The van der Waals surface area contributed by atoms with E-state index in [0.29, 0.717) is 11.5 Å². The van der Waals surface area contributed by atoms with Gasteiger partial charge in [0, 0.05) is 10.2 Å². The Hall–Kier alpha value is -2.28. The number of rotatable bonds is 2. The van der Waals surface area contributed by atoms with Crippen molar-refractivity contribution in [2.75, 3.05) is 5.73 Å². The first-order chi connectivity index (χ1) is 10.1. The minimum atomic E-state index is -0.421. The van der Waals surface area contributed by atoms with Gasteiger partial charge in [0.25, 0.3) is 0 Å². The van der Waals surface area contributed by atoms with E-state index in [9.17, 15) is 4.39 Å². The first-order valence-corrected chi connectivity index (χ1v) is 6.96. The summed E-state index contributed by atoms with van der Waals surface area (Å²) in [5.74, 6) is -0.111. The van der Waals surface area contributed by atoms with Crippen LogP contribution in [0.4, 0.5) is 10.1 Å². The molecule has 0 radical (unpaired) electrons. The van der Waals surface area contributed by atoms with E-state index < -0.39 is 5.82 Å². The zero-order valence-corrected chi connectivity index (χ0v) is 12.7. The van der Waals surface area contributed by atoms with Gasteiger partial charge in [-0.25, -0.2) is 4.39 Å². The number of nitrogens with two attached hydrogens (primary N) is 1. The summed E-state index contributed by atoms with van der Waals surface area (Å²) in [5.41, 5.74) is 8.18. The summed E-state index contributed by atoms with van der Waals surface area (Å²) in [7, 11) is 0. The van der Waals surface area contributed by atoms with Crippen LogP contribution in [0.15, 0.2) is 40.9 Å². The Morgan fingerprint density at radius 1 is 1.19 bits per heavy atom. The Kier molecular flexibility index (Phi) is 3.42. The highest BCUT2D eigenvalue weighted by molar-refractivity contribution is 9.10. The van der Waals surface area contributed by atoms with Gasteiger partial charge in [-0.1, -0.05) is 15.9 Å². The van der Waals surface area contributed by atoms with Crippen LogP contribution in [-0.2, 0) is 0 Å². The molecule has 0 aliphatic heterocycles. The van der Waals surface area contributed by atoms with Crippen molar-refractivity contribution < 1.29 is 4.39 Å². The summed E-state index contributed by atoms with van der Waals surface area (Å²) in [5, 5.41) is 11.5. The molecule has 0 amide bonds. The fourth-order valence-corrected chi connectivity index (χ4v) is 2.56. The third-order valence-electron chi connectivity index (χ3n) is 3.09. The molecule has 0 aliphatic rings. The van der Waals surface area contributed by atoms with Crippen LogP contribution in [-0.4, -0.2) is 20.2 Å². The fraction of sp³-hybridized carbons (Fsp3) is 0.0714. The highest BCUT2D eigenvalue weighted by Gasteiger charge is 2.16. The number of hydrogen-bond donors (Lipinski definition) is 1. The lowest BCUT2D eigenvalue weighted by atomic mass is 10.1. The third kappa shape index (κ3) is 2.52. The van der Waals surface area contributed by atoms with E-state index in [4.69, 9.17) is 5.73 Å². The van der Waals surface area contributed by atoms with Gasteiger partial charge in [0.15, 0.2) is 5.82 Å². The van der Waals surface area contributed by atoms with Gasteiger partial charge >= 0.3 is 0 Å². The Morgan fingerprint density at radius 3 is 2.76 bits per heavy atom. The summed E-state index contributed by atoms with van der Waals surface area (Å²) in [6, 6.07) is 10.0. The van der Waals surface area contributed by atoms with E-state index in [-0.39, 0.29) is 5.56 Å². The molecule has 0 aliphatic carbocycles. The number of hydrogen-bond acceptors (Lipinski definition) is 4. The topological polar surface area (TPSA) is 69.6 Å². The first-order valence-electron chi connectivity index (χ1n) is 6.16. The maximum Gasteiger partial charge on any atom is 0.190 e. The number of benzene rings is 2. The molecule has 0 atom stereocenters. The van der Waals surface area contributed by atoms with E-state index in [2.05, 4.69) is 31.5 Å². The standard InChI is InChI=1S/C14H11BrFN5/c1-8-6-9(15)2-5-13(8)21-14(18-19-20-21)11-7-10(17)3-4-12(11)16/h2-7H,17H2,1H3. The van der Waals surface area contributed by atoms with Gasteiger partial charge in [0.2, 0.25) is 0 Å². The fourth-order valence-electron chi connectivity index (χ4n) is 2.09. The average molecular weight is 348 g/mol. The van der Waals surface area contributed by atoms with E-state index in [0.717, 1.165) is 15.7 Å². The second-order valence-corrected chi connectivity index (χ2v) is 5.50. The van der Waals surface area contributed by atoms with Crippen molar-refractivity contribution in [2.45, 2.75) is 6.92 Å². The summed E-state index contributed by atoms with van der Waals surface area (Å²) >= 11 is 3.41. The molecule has 1 heterocycles. The number of tetrazole rings is 1. The molecule has 0 saturated heterocycles. The Bertz CT molecular complexity index is 815. The van der Waals surface area contributed by atoms with Gasteiger partial charge in [-0.2, -0.15) is 4.68 Å². The van der Waals surface area contributed by atoms with Crippen LogP contribution in [0.25, 0.3) is 17.1 Å². The minimum absolute atomic E-state index is 0.266. The molecular formula is C14H11BrFN5. The molecule has 21 heavy (non-hydrogen) atoms. The smallest absolute Gasteiger partial charge is 0.190 e. The number of nitrogen functional groups attached to an aromatic ring is 1. The van der Waals surface area contributed by atoms with Crippen molar-refractivity contribution in [1.82, 2.24) is 20.2 Å². The zero-order chi connectivity index (χ0) is 15.0. The van der Waals surface area contributed by atoms with Crippen LogP contribution in [0, 0.1) is 12.7 Å². The SMILES string of the molecule is Cc1cc(Br)ccc1-n1nnnc1-c1cc(N)ccc1F. The van der Waals surface area contributed by atoms with E-state index in [1.807, 2.05) is 25.1 Å². The maximum absolute atomic E-state index is 14.0. The van der Waals surface area contributed by atoms with Crippen molar-refractivity contribution in [3.63, 3.8) is 0 Å². The Labute approximate surface area is 128 Å². The molecule has 2 aromatic carbocycles. The van der Waals surface area contributed by atoms with Gasteiger partial charge in [-0.15, -0.1) is 5.10 Å². The second kappa shape index (κ2) is 5.25. The zero-order valence-electron chi connectivity index (χ0n) is 11.1. The monoisotopic (exact) mass is 347 g/mol. The molecule has 0 bridgehead atoms. The van der Waals surface area contributed by atoms with Crippen LogP contribution in [0.1, 0.15) is 5.56 Å². The Balaban J connectivity index is 2.19. The molecule has 2 N–H and O–H groups in total. The minimum Gasteiger partial charge on any atom is -0.399 e. The highest BCUT2D eigenvalue weighted by Crippen LogP contribution is 2.26. The summed E-state index contributed by atoms with van der Waals surface area (Å²) in [6.45, 7) is 1.93. The lowest BCUT2D eigenvalue weighted by molar-refractivity contribution is 0.629. The molecule has 0 unspecified atom stereocenters. The van der Waals surface area contributed by atoms with Gasteiger partial charge in [0.1, 0.15) is 5.82 Å². The Morgan fingerprint density at radius 2 is 2.00 bits per heavy atom. The van der Waals surface area contributed by atoms with Crippen molar-refractivity contribution in [3.05, 3.63) is 52.3 Å². The quantitative estimate of drug-likeness (QED) is 0.723. The van der Waals surface area contributed by atoms with Crippen molar-refractivity contribution in [3.8, 4) is 17.1 Å². The number of nitrogens with zero attached hydrogens (tertiary/aromatic N) is 4.